The van der Waals surface area contributed by atoms with E-state index in [0.717, 1.165) is 0 Å². The zero-order valence-electron chi connectivity index (χ0n) is 5.17. The topological polar surface area (TPSA) is 60.8 Å². The van der Waals surface area contributed by atoms with Crippen molar-refractivity contribution in [1.82, 2.24) is 19.2 Å². The molecule has 0 aromatic carbocycles. The zero-order chi connectivity index (χ0) is 7.52. The van der Waals surface area contributed by atoms with Crippen LogP contribution in [-0.2, 0) is 0 Å². The molecular weight excluding hydrogens is 184 g/mol. The van der Waals surface area contributed by atoms with Crippen LogP contribution in [0.15, 0.2) is 10.8 Å². The highest BCUT2D eigenvalue weighted by Crippen LogP contribution is 2.17. The maximum absolute atomic E-state index is 5.13. The van der Waals surface area contributed by atoms with Crippen LogP contribution < -0.4 is 4.74 Å². The maximum atomic E-state index is 5.13. The summed E-state index contributed by atoms with van der Waals surface area (Å²) in [4.78, 5) is 0. The first-order valence-electron chi connectivity index (χ1n) is 2.67. The summed E-state index contributed by atoms with van der Waals surface area (Å²) in [6.07, 6.45) is 0. The molecule has 0 amide bonds. The van der Waals surface area contributed by atoms with Crippen molar-refractivity contribution in [3.63, 3.8) is 0 Å². The lowest BCUT2D eigenvalue weighted by Crippen LogP contribution is -1.83. The smallest absolute Gasteiger partial charge is 0.253 e. The fourth-order valence-corrected chi connectivity index (χ4v) is 1.23. The van der Waals surface area contributed by atoms with E-state index in [-0.39, 0.29) is 0 Å². The van der Waals surface area contributed by atoms with E-state index in [9.17, 15) is 0 Å². The number of hydrogen-bond donors (Lipinski definition) is 0. The molecule has 0 saturated heterocycles. The van der Waals surface area contributed by atoms with Gasteiger partial charge in [0, 0.05) is 0 Å². The van der Waals surface area contributed by atoms with Gasteiger partial charge in [0.15, 0.2) is 0 Å². The van der Waals surface area contributed by atoms with E-state index in [1.165, 1.54) is 23.1 Å². The highest BCUT2D eigenvalue weighted by Gasteiger charge is 2.00. The lowest BCUT2D eigenvalue weighted by molar-refractivity contribution is 0.442. The Balaban J connectivity index is 2.14. The van der Waals surface area contributed by atoms with Crippen molar-refractivity contribution in [3.05, 3.63) is 10.8 Å². The average molecular weight is 186 g/mol. The Bertz CT molecular complexity index is 272. The summed E-state index contributed by atoms with van der Waals surface area (Å²) in [7, 11) is 0. The highest BCUT2D eigenvalue weighted by atomic mass is 32.1. The largest absolute Gasteiger partial charge is 0.415 e. The van der Waals surface area contributed by atoms with Crippen LogP contribution in [0.25, 0.3) is 0 Å². The number of nitrogens with zero attached hydrogens (tertiary/aromatic N) is 4. The molecule has 0 aliphatic rings. The first-order chi connectivity index (χ1) is 5.45. The van der Waals surface area contributed by atoms with Crippen molar-refractivity contribution in [2.75, 3.05) is 0 Å². The van der Waals surface area contributed by atoms with Crippen molar-refractivity contribution in [2.24, 2.45) is 0 Å². The van der Waals surface area contributed by atoms with Crippen LogP contribution in [0, 0.1) is 0 Å². The summed E-state index contributed by atoms with van der Waals surface area (Å²) in [5, 5.41) is 10.7. The first kappa shape index (κ1) is 6.62. The van der Waals surface area contributed by atoms with Gasteiger partial charge in [0.05, 0.1) is 10.8 Å². The van der Waals surface area contributed by atoms with E-state index in [0.29, 0.717) is 11.8 Å². The van der Waals surface area contributed by atoms with Gasteiger partial charge in [-0.1, -0.05) is 19.2 Å². The van der Waals surface area contributed by atoms with Crippen molar-refractivity contribution < 1.29 is 4.74 Å². The van der Waals surface area contributed by atoms with Gasteiger partial charge in [-0.3, -0.25) is 0 Å². The second-order valence-electron chi connectivity index (χ2n) is 1.59. The van der Waals surface area contributed by atoms with Crippen molar-refractivity contribution in [1.29, 1.82) is 0 Å². The molecule has 0 saturated carbocycles. The molecule has 0 bridgehead atoms. The molecule has 0 spiro atoms. The second kappa shape index (κ2) is 2.89. The van der Waals surface area contributed by atoms with Gasteiger partial charge < -0.3 is 4.74 Å². The molecule has 0 fully saturated rings. The summed E-state index contributed by atoms with van der Waals surface area (Å²) in [6, 6.07) is 0. The van der Waals surface area contributed by atoms with Crippen LogP contribution in [-0.4, -0.2) is 19.2 Å². The summed E-state index contributed by atoms with van der Waals surface area (Å²) >= 11 is 2.46. The molecule has 2 rings (SSSR count). The van der Waals surface area contributed by atoms with Crippen molar-refractivity contribution >= 4 is 23.1 Å². The Kier molecular flexibility index (Phi) is 1.74. The Labute approximate surface area is 70.0 Å². The Hall–Kier alpha value is -1.08. The molecule has 0 aliphatic carbocycles. The van der Waals surface area contributed by atoms with Gasteiger partial charge in [0.25, 0.3) is 11.8 Å². The molecule has 0 radical (unpaired) electrons. The fraction of sp³-hybridized carbons (Fsp3) is 0. The van der Waals surface area contributed by atoms with E-state index >= 15 is 0 Å². The summed E-state index contributed by atoms with van der Waals surface area (Å²) in [5.74, 6) is 0.922. The molecule has 0 atom stereocenters. The lowest BCUT2D eigenvalue weighted by atomic mass is 10.8. The van der Waals surface area contributed by atoms with Gasteiger partial charge in [-0.05, 0) is 23.1 Å². The molecular formula is C4H2N4OS2. The summed E-state index contributed by atoms with van der Waals surface area (Å²) < 4.78 is 12.4. The van der Waals surface area contributed by atoms with Gasteiger partial charge in [-0.2, -0.15) is 0 Å². The van der Waals surface area contributed by atoms with Crippen LogP contribution >= 0.6 is 23.1 Å². The minimum atomic E-state index is 0.461. The van der Waals surface area contributed by atoms with Crippen LogP contribution in [0.2, 0.25) is 0 Å². The van der Waals surface area contributed by atoms with Gasteiger partial charge in [-0.15, -0.1) is 0 Å². The Morgan fingerprint density at radius 1 is 1.00 bits per heavy atom. The molecule has 56 valence electrons. The Morgan fingerprint density at radius 2 is 1.55 bits per heavy atom. The van der Waals surface area contributed by atoms with E-state index < -0.39 is 0 Å². The van der Waals surface area contributed by atoms with Crippen molar-refractivity contribution in [3.8, 4) is 11.8 Å². The minimum absolute atomic E-state index is 0.461. The van der Waals surface area contributed by atoms with Gasteiger partial charge >= 0.3 is 0 Å². The highest BCUT2D eigenvalue weighted by molar-refractivity contribution is 7.03. The third-order valence-electron chi connectivity index (χ3n) is 0.889. The standard InChI is InChI=1S/C4H2N4OS2/c1-3(5-7-10-1)9-4-2-11-8-6-4/h1-2H. The van der Waals surface area contributed by atoms with E-state index in [1.54, 1.807) is 10.8 Å². The van der Waals surface area contributed by atoms with Crippen molar-refractivity contribution in [2.45, 2.75) is 0 Å². The molecule has 0 aliphatic heterocycles. The molecule has 2 aromatic rings. The predicted octanol–water partition coefficient (Wildman–Crippen LogP) is 1.18. The molecule has 5 nitrogen and oxygen atoms in total. The van der Waals surface area contributed by atoms with Crippen LogP contribution in [0.1, 0.15) is 0 Å². The number of rotatable bonds is 2. The van der Waals surface area contributed by atoms with Gasteiger partial charge in [0.1, 0.15) is 0 Å². The third-order valence-corrected chi connectivity index (χ3v) is 1.86. The second-order valence-corrected chi connectivity index (χ2v) is 2.81. The van der Waals surface area contributed by atoms with E-state index in [2.05, 4.69) is 19.2 Å². The zero-order valence-corrected chi connectivity index (χ0v) is 6.80. The van der Waals surface area contributed by atoms with Crippen LogP contribution in [0.3, 0.4) is 0 Å². The molecule has 0 unspecified atom stereocenters. The van der Waals surface area contributed by atoms with Crippen LogP contribution in [0.5, 0.6) is 11.8 Å². The summed E-state index contributed by atoms with van der Waals surface area (Å²) in [5.41, 5.74) is 0. The fourth-order valence-electron chi connectivity index (χ4n) is 0.508. The lowest BCUT2D eigenvalue weighted by Gasteiger charge is -1.90. The normalized spacial score (nSPS) is 9.82. The molecule has 0 N–H and O–H groups in total. The minimum Gasteiger partial charge on any atom is -0.415 e. The predicted molar refractivity (Wildman–Crippen MR) is 39.9 cm³/mol. The number of ether oxygens (including phenoxy) is 1. The van der Waals surface area contributed by atoms with Crippen LogP contribution in [0.4, 0.5) is 0 Å². The molecule has 11 heavy (non-hydrogen) atoms. The van der Waals surface area contributed by atoms with E-state index in [4.69, 9.17) is 4.74 Å². The average Bonchev–Trinajstić information content (AvgIpc) is 2.60. The number of hydrogen-bond acceptors (Lipinski definition) is 7. The first-order valence-corrected chi connectivity index (χ1v) is 4.34. The Morgan fingerprint density at radius 3 is 1.91 bits per heavy atom. The third kappa shape index (κ3) is 1.49. The quantitative estimate of drug-likeness (QED) is 0.704. The molecule has 2 heterocycles. The van der Waals surface area contributed by atoms with E-state index in [1.807, 2.05) is 0 Å². The monoisotopic (exact) mass is 186 g/mol. The SMILES string of the molecule is c1snnc1Oc1csnn1. The molecule has 7 heteroatoms. The van der Waals surface area contributed by atoms with Gasteiger partial charge in [0.2, 0.25) is 0 Å². The maximum Gasteiger partial charge on any atom is 0.253 e. The number of aromatic nitrogens is 4. The summed E-state index contributed by atoms with van der Waals surface area (Å²) in [6.45, 7) is 0. The molecule has 2 aromatic heterocycles. The van der Waals surface area contributed by atoms with Gasteiger partial charge in [-0.25, -0.2) is 0 Å².